The number of nitrogens with zero attached hydrogens (tertiary/aromatic N) is 2. The van der Waals surface area contributed by atoms with E-state index < -0.39 is 0 Å². The van der Waals surface area contributed by atoms with Crippen LogP contribution in [0.5, 0.6) is 0 Å². The summed E-state index contributed by atoms with van der Waals surface area (Å²) in [6, 6.07) is 0. The van der Waals surface area contributed by atoms with Gasteiger partial charge in [-0.1, -0.05) is 6.08 Å². The van der Waals surface area contributed by atoms with Gasteiger partial charge in [0.25, 0.3) is 5.56 Å². The van der Waals surface area contributed by atoms with E-state index in [2.05, 4.69) is 6.58 Å². The van der Waals surface area contributed by atoms with E-state index in [9.17, 15) is 9.59 Å². The topological polar surface area (TPSA) is 44.0 Å². The monoisotopic (exact) mass is 262 g/mol. The lowest BCUT2D eigenvalue weighted by Gasteiger charge is -2.07. The Balaban J connectivity index is 2.52. The molecule has 2 heterocycles. The zero-order valence-electron chi connectivity index (χ0n) is 10.2. The second-order valence-electron chi connectivity index (χ2n) is 4.58. The molecule has 0 unspecified atom stereocenters. The normalized spacial score (nSPS) is 14.1. The van der Waals surface area contributed by atoms with Gasteiger partial charge in [-0.3, -0.25) is 13.9 Å². The van der Waals surface area contributed by atoms with E-state index in [4.69, 9.17) is 0 Å². The van der Waals surface area contributed by atoms with Crippen LogP contribution >= 0.6 is 11.3 Å². The van der Waals surface area contributed by atoms with Crippen LogP contribution in [0.15, 0.2) is 22.2 Å². The quantitative estimate of drug-likeness (QED) is 0.769. The van der Waals surface area contributed by atoms with Crippen molar-refractivity contribution in [3.05, 3.63) is 43.9 Å². The van der Waals surface area contributed by atoms with Crippen LogP contribution in [0.3, 0.4) is 0 Å². The van der Waals surface area contributed by atoms with Crippen molar-refractivity contribution in [2.75, 3.05) is 0 Å². The molecule has 0 amide bonds. The average Bonchev–Trinajstić information content (AvgIpc) is 2.91. The van der Waals surface area contributed by atoms with Gasteiger partial charge in [-0.2, -0.15) is 0 Å². The second kappa shape index (κ2) is 3.95. The van der Waals surface area contributed by atoms with Crippen molar-refractivity contribution in [2.24, 2.45) is 7.05 Å². The van der Waals surface area contributed by atoms with E-state index in [1.54, 1.807) is 29.0 Å². The van der Waals surface area contributed by atoms with Gasteiger partial charge in [0.2, 0.25) is 0 Å². The van der Waals surface area contributed by atoms with Crippen LogP contribution in [0.1, 0.15) is 16.9 Å². The van der Waals surface area contributed by atoms with Gasteiger partial charge in [0.15, 0.2) is 0 Å². The minimum atomic E-state index is -0.257. The number of aryl methyl sites for hydroxylation is 2. The Labute approximate surface area is 108 Å². The first kappa shape index (κ1) is 11.5. The van der Waals surface area contributed by atoms with Crippen LogP contribution in [0, 0.1) is 0 Å². The zero-order chi connectivity index (χ0) is 12.9. The van der Waals surface area contributed by atoms with Gasteiger partial charge in [-0.05, 0) is 24.8 Å². The molecule has 0 aromatic carbocycles. The molecule has 0 saturated carbocycles. The molecule has 0 aliphatic heterocycles. The van der Waals surface area contributed by atoms with Crippen LogP contribution in [0.25, 0.3) is 10.2 Å². The molecule has 1 aliphatic carbocycles. The molecule has 2 aromatic heterocycles. The fraction of sp³-hybridized carbons (Fsp3) is 0.385. The number of thiophene rings is 1. The number of allylic oxidation sites excluding steroid dienone is 1. The SMILES string of the molecule is C=CCn1c(=O)n(C)c(=O)c2c3c(sc21)CCC3. The molecular weight excluding hydrogens is 248 g/mol. The third-order valence-electron chi connectivity index (χ3n) is 3.50. The predicted molar refractivity (Wildman–Crippen MR) is 73.5 cm³/mol. The highest BCUT2D eigenvalue weighted by atomic mass is 32.1. The van der Waals surface area contributed by atoms with Crippen molar-refractivity contribution in [2.45, 2.75) is 25.8 Å². The first-order chi connectivity index (χ1) is 8.65. The van der Waals surface area contributed by atoms with Crippen molar-refractivity contribution in [1.29, 1.82) is 0 Å². The Bertz CT molecular complexity index is 764. The van der Waals surface area contributed by atoms with Gasteiger partial charge < -0.3 is 0 Å². The molecule has 0 N–H and O–H groups in total. The highest BCUT2D eigenvalue weighted by Gasteiger charge is 2.23. The zero-order valence-corrected chi connectivity index (χ0v) is 11.0. The molecular formula is C13H14N2O2S. The first-order valence-electron chi connectivity index (χ1n) is 6.00. The Morgan fingerprint density at radius 2 is 2.17 bits per heavy atom. The minimum absolute atomic E-state index is 0.158. The number of rotatable bonds is 2. The number of hydrogen-bond acceptors (Lipinski definition) is 3. The molecule has 18 heavy (non-hydrogen) atoms. The van der Waals surface area contributed by atoms with E-state index in [1.165, 1.54) is 9.44 Å². The summed E-state index contributed by atoms with van der Waals surface area (Å²) in [7, 11) is 1.54. The Morgan fingerprint density at radius 3 is 2.89 bits per heavy atom. The summed E-state index contributed by atoms with van der Waals surface area (Å²) in [4.78, 5) is 26.4. The van der Waals surface area contributed by atoms with Gasteiger partial charge in [0.05, 0.1) is 5.39 Å². The van der Waals surface area contributed by atoms with Crippen molar-refractivity contribution in [1.82, 2.24) is 9.13 Å². The fourth-order valence-corrected chi connectivity index (χ4v) is 4.00. The van der Waals surface area contributed by atoms with Crippen molar-refractivity contribution in [3.8, 4) is 0 Å². The van der Waals surface area contributed by atoms with Crippen LogP contribution in [0.4, 0.5) is 0 Å². The number of aromatic nitrogens is 2. The lowest BCUT2D eigenvalue weighted by Crippen LogP contribution is -2.37. The van der Waals surface area contributed by atoms with E-state index in [0.717, 1.165) is 35.0 Å². The predicted octanol–water partition coefficient (Wildman–Crippen LogP) is 1.44. The largest absolute Gasteiger partial charge is 0.332 e. The van der Waals surface area contributed by atoms with Gasteiger partial charge >= 0.3 is 5.69 Å². The van der Waals surface area contributed by atoms with Gasteiger partial charge in [0, 0.05) is 18.5 Å². The summed E-state index contributed by atoms with van der Waals surface area (Å²) < 4.78 is 2.85. The van der Waals surface area contributed by atoms with Gasteiger partial charge in [-0.15, -0.1) is 17.9 Å². The average molecular weight is 262 g/mol. The molecule has 5 heteroatoms. The maximum absolute atomic E-state index is 12.3. The Morgan fingerprint density at radius 1 is 1.39 bits per heavy atom. The molecule has 0 spiro atoms. The van der Waals surface area contributed by atoms with E-state index >= 15 is 0 Å². The van der Waals surface area contributed by atoms with Crippen LogP contribution in [0.2, 0.25) is 0 Å². The fourth-order valence-electron chi connectivity index (χ4n) is 2.61. The Kier molecular flexibility index (Phi) is 2.52. The first-order valence-corrected chi connectivity index (χ1v) is 6.81. The maximum atomic E-state index is 12.3. The summed E-state index contributed by atoms with van der Waals surface area (Å²) in [6.07, 6.45) is 4.79. The summed E-state index contributed by atoms with van der Waals surface area (Å²) in [5, 5.41) is 0.747. The number of hydrogen-bond donors (Lipinski definition) is 0. The molecule has 3 rings (SSSR count). The van der Waals surface area contributed by atoms with E-state index in [-0.39, 0.29) is 11.2 Å². The molecule has 0 atom stereocenters. The Hall–Kier alpha value is -1.62. The van der Waals surface area contributed by atoms with Gasteiger partial charge in [0.1, 0.15) is 4.83 Å². The summed E-state index contributed by atoms with van der Waals surface area (Å²) in [5.74, 6) is 0. The van der Waals surface area contributed by atoms with Crippen LogP contribution < -0.4 is 11.2 Å². The molecule has 4 nitrogen and oxygen atoms in total. The van der Waals surface area contributed by atoms with Crippen molar-refractivity contribution in [3.63, 3.8) is 0 Å². The third-order valence-corrected chi connectivity index (χ3v) is 4.81. The molecule has 0 fully saturated rings. The van der Waals surface area contributed by atoms with E-state index in [1.807, 2.05) is 0 Å². The standard InChI is InChI=1S/C13H14N2O2S/c1-3-7-15-12-10(11(16)14(2)13(15)17)8-5-4-6-9(8)18-12/h3H,1,4-7H2,2H3. The summed E-state index contributed by atoms with van der Waals surface area (Å²) in [5.41, 5.74) is 0.746. The third kappa shape index (κ3) is 1.37. The van der Waals surface area contributed by atoms with E-state index in [0.29, 0.717) is 6.54 Å². The molecule has 1 aliphatic rings. The lowest BCUT2D eigenvalue weighted by molar-refractivity contribution is 0.686. The molecule has 0 radical (unpaired) electrons. The maximum Gasteiger partial charge on any atom is 0.332 e. The highest BCUT2D eigenvalue weighted by Crippen LogP contribution is 2.34. The minimum Gasteiger partial charge on any atom is -0.280 e. The summed E-state index contributed by atoms with van der Waals surface area (Å²) >= 11 is 1.59. The smallest absolute Gasteiger partial charge is 0.280 e. The lowest BCUT2D eigenvalue weighted by atomic mass is 10.2. The number of fused-ring (bicyclic) bond motifs is 3. The van der Waals surface area contributed by atoms with Crippen LogP contribution in [-0.4, -0.2) is 9.13 Å². The second-order valence-corrected chi connectivity index (χ2v) is 5.67. The molecule has 94 valence electrons. The highest BCUT2D eigenvalue weighted by molar-refractivity contribution is 7.18. The van der Waals surface area contributed by atoms with Crippen molar-refractivity contribution < 1.29 is 0 Å². The molecule has 2 aromatic rings. The van der Waals surface area contributed by atoms with Crippen molar-refractivity contribution >= 4 is 21.6 Å². The van der Waals surface area contributed by atoms with Crippen LogP contribution in [-0.2, 0) is 26.4 Å². The molecule has 0 saturated heterocycles. The van der Waals surface area contributed by atoms with Gasteiger partial charge in [-0.25, -0.2) is 4.79 Å². The molecule has 0 bridgehead atoms. The summed E-state index contributed by atoms with van der Waals surface area (Å²) in [6.45, 7) is 4.12.